The molecule has 0 fully saturated rings. The quantitative estimate of drug-likeness (QED) is 0.748. The van der Waals surface area contributed by atoms with Crippen molar-refractivity contribution >= 4 is 5.97 Å². The molecule has 1 rings (SSSR count). The average molecular weight is 297 g/mol. The van der Waals surface area contributed by atoms with E-state index in [1.165, 1.54) is 6.07 Å². The number of carbonyl (C=O) groups is 1. The monoisotopic (exact) mass is 297 g/mol. The van der Waals surface area contributed by atoms with Gasteiger partial charge in [-0.3, -0.25) is 0 Å². The Hall–Kier alpha value is -1.62. The molecule has 0 heterocycles. The van der Waals surface area contributed by atoms with Crippen molar-refractivity contribution in [1.29, 1.82) is 0 Å². The first-order valence-corrected chi connectivity index (χ1v) is 7.35. The second-order valence-electron chi connectivity index (χ2n) is 4.87. The van der Waals surface area contributed by atoms with Gasteiger partial charge in [0.2, 0.25) is 0 Å². The fourth-order valence-electron chi connectivity index (χ4n) is 1.91. The Bertz CT molecular complexity index is 465. The van der Waals surface area contributed by atoms with E-state index >= 15 is 0 Å². The van der Waals surface area contributed by atoms with Crippen LogP contribution in [0.15, 0.2) is 18.2 Å². The number of ether oxygens (including phenoxy) is 2. The number of hydrogen-bond acceptors (Lipinski definition) is 4. The Kier molecular flexibility index (Phi) is 7.15. The first-order valence-electron chi connectivity index (χ1n) is 7.35. The zero-order valence-electron chi connectivity index (χ0n) is 13.1. The summed E-state index contributed by atoms with van der Waals surface area (Å²) >= 11 is 0. The highest BCUT2D eigenvalue weighted by Crippen LogP contribution is 2.22. The molecule has 1 aromatic carbocycles. The van der Waals surface area contributed by atoms with Gasteiger partial charge in [-0.05, 0) is 39.8 Å². The van der Waals surface area contributed by atoms with E-state index in [-0.39, 0.29) is 11.9 Å². The Labute approximate surface area is 125 Å². The van der Waals surface area contributed by atoms with E-state index in [1.54, 1.807) is 26.0 Å². The van der Waals surface area contributed by atoms with Crippen molar-refractivity contribution in [1.82, 2.24) is 5.32 Å². The van der Waals surface area contributed by atoms with Crippen molar-refractivity contribution in [2.24, 2.45) is 0 Å². The van der Waals surface area contributed by atoms with Gasteiger partial charge in [-0.15, -0.1) is 0 Å². The Balaban J connectivity index is 2.71. The highest BCUT2D eigenvalue weighted by atomic mass is 19.1. The van der Waals surface area contributed by atoms with E-state index in [0.717, 1.165) is 13.0 Å². The zero-order chi connectivity index (χ0) is 15.8. The van der Waals surface area contributed by atoms with E-state index < -0.39 is 12.1 Å². The molecule has 2 atom stereocenters. The van der Waals surface area contributed by atoms with Crippen LogP contribution in [-0.4, -0.2) is 25.2 Å². The number of carbonyl (C=O) groups excluding carboxylic acids is 1. The molecule has 0 saturated carbocycles. The summed E-state index contributed by atoms with van der Waals surface area (Å²) < 4.78 is 24.3. The normalized spacial score (nSPS) is 13.6. The van der Waals surface area contributed by atoms with E-state index in [2.05, 4.69) is 12.2 Å². The number of rotatable bonds is 8. The number of hydrogen-bond donors (Lipinski definition) is 1. The van der Waals surface area contributed by atoms with Gasteiger partial charge in [0.1, 0.15) is 11.6 Å². The lowest BCUT2D eigenvalue weighted by atomic mass is 10.1. The van der Waals surface area contributed by atoms with Gasteiger partial charge in [-0.2, -0.15) is 0 Å². The van der Waals surface area contributed by atoms with Gasteiger partial charge >= 0.3 is 5.97 Å². The highest BCUT2D eigenvalue weighted by Gasteiger charge is 2.17. The molecule has 0 saturated heterocycles. The molecule has 21 heavy (non-hydrogen) atoms. The van der Waals surface area contributed by atoms with Gasteiger partial charge in [0.25, 0.3) is 0 Å². The number of esters is 1. The van der Waals surface area contributed by atoms with Crippen LogP contribution in [0.5, 0.6) is 5.75 Å². The van der Waals surface area contributed by atoms with Crippen LogP contribution in [0, 0.1) is 5.82 Å². The summed E-state index contributed by atoms with van der Waals surface area (Å²) in [6.07, 6.45) is 0.232. The van der Waals surface area contributed by atoms with Crippen LogP contribution < -0.4 is 10.1 Å². The lowest BCUT2D eigenvalue weighted by Crippen LogP contribution is -2.26. The van der Waals surface area contributed by atoms with E-state index in [4.69, 9.17) is 9.47 Å². The SMILES string of the molecule is CCCNC(C)c1ccc(OC(C)C(=O)OCC)cc1F. The van der Waals surface area contributed by atoms with Crippen LogP contribution in [0.3, 0.4) is 0 Å². The maximum atomic E-state index is 14.1. The molecule has 0 bridgehead atoms. The van der Waals surface area contributed by atoms with Gasteiger partial charge in [-0.1, -0.05) is 13.0 Å². The minimum atomic E-state index is -0.758. The van der Waals surface area contributed by atoms with E-state index in [1.807, 2.05) is 6.92 Å². The highest BCUT2D eigenvalue weighted by molar-refractivity contribution is 5.74. The first-order chi connectivity index (χ1) is 9.99. The lowest BCUT2D eigenvalue weighted by Gasteiger charge is -2.17. The first kappa shape index (κ1) is 17.4. The van der Waals surface area contributed by atoms with Crippen LogP contribution in [0.2, 0.25) is 0 Å². The summed E-state index contributed by atoms with van der Waals surface area (Å²) in [7, 11) is 0. The second kappa shape index (κ2) is 8.62. The van der Waals surface area contributed by atoms with Gasteiger partial charge < -0.3 is 14.8 Å². The standard InChI is InChI=1S/C16H24FNO3/c1-5-9-18-11(3)14-8-7-13(10-15(14)17)21-12(4)16(19)20-6-2/h7-8,10-12,18H,5-6,9H2,1-4H3. The molecule has 0 aromatic heterocycles. The zero-order valence-corrected chi connectivity index (χ0v) is 13.1. The topological polar surface area (TPSA) is 47.6 Å². The smallest absolute Gasteiger partial charge is 0.347 e. The third-order valence-corrected chi connectivity index (χ3v) is 3.07. The van der Waals surface area contributed by atoms with Crippen LogP contribution in [0.4, 0.5) is 4.39 Å². The fraction of sp³-hybridized carbons (Fsp3) is 0.562. The summed E-state index contributed by atoms with van der Waals surface area (Å²) in [5.41, 5.74) is 0.583. The molecule has 0 aliphatic carbocycles. The predicted octanol–water partition coefficient (Wildman–Crippen LogP) is 3.22. The van der Waals surface area contributed by atoms with Crippen molar-refractivity contribution in [2.75, 3.05) is 13.2 Å². The molecule has 0 radical (unpaired) electrons. The van der Waals surface area contributed by atoms with Crippen molar-refractivity contribution < 1.29 is 18.7 Å². The number of halogens is 1. The Morgan fingerprint density at radius 3 is 2.62 bits per heavy atom. The maximum Gasteiger partial charge on any atom is 0.347 e. The molecule has 0 aliphatic heterocycles. The van der Waals surface area contributed by atoms with E-state index in [9.17, 15) is 9.18 Å². The molecule has 1 N–H and O–H groups in total. The van der Waals surface area contributed by atoms with Gasteiger partial charge in [0, 0.05) is 17.7 Å². The number of benzene rings is 1. The molecule has 0 amide bonds. The predicted molar refractivity (Wildman–Crippen MR) is 79.8 cm³/mol. The van der Waals surface area contributed by atoms with Crippen molar-refractivity contribution in [2.45, 2.75) is 46.3 Å². The van der Waals surface area contributed by atoms with Crippen molar-refractivity contribution in [3.63, 3.8) is 0 Å². The van der Waals surface area contributed by atoms with Crippen molar-refractivity contribution in [3.8, 4) is 5.75 Å². The average Bonchev–Trinajstić information content (AvgIpc) is 2.45. The molecular weight excluding hydrogens is 273 g/mol. The third-order valence-electron chi connectivity index (χ3n) is 3.07. The van der Waals surface area contributed by atoms with Crippen molar-refractivity contribution in [3.05, 3.63) is 29.6 Å². The van der Waals surface area contributed by atoms with Crippen LogP contribution in [0.1, 0.15) is 45.7 Å². The largest absolute Gasteiger partial charge is 0.479 e. The number of nitrogens with one attached hydrogen (secondary N) is 1. The molecule has 5 heteroatoms. The minimum absolute atomic E-state index is 0.0681. The molecule has 4 nitrogen and oxygen atoms in total. The fourth-order valence-corrected chi connectivity index (χ4v) is 1.91. The Morgan fingerprint density at radius 2 is 2.05 bits per heavy atom. The molecule has 0 aliphatic rings. The van der Waals surface area contributed by atoms with Crippen LogP contribution in [0.25, 0.3) is 0 Å². The summed E-state index contributed by atoms with van der Waals surface area (Å²) in [5.74, 6) is -0.487. The third kappa shape index (κ3) is 5.34. The summed E-state index contributed by atoms with van der Waals surface area (Å²) in [4.78, 5) is 11.5. The summed E-state index contributed by atoms with van der Waals surface area (Å²) in [6.45, 7) is 8.40. The molecular formula is C16H24FNO3. The van der Waals surface area contributed by atoms with Gasteiger partial charge in [-0.25, -0.2) is 9.18 Å². The summed E-state index contributed by atoms with van der Waals surface area (Å²) in [5, 5.41) is 3.23. The molecule has 0 spiro atoms. The minimum Gasteiger partial charge on any atom is -0.479 e. The molecule has 1 aromatic rings. The summed E-state index contributed by atoms with van der Waals surface area (Å²) in [6, 6.07) is 4.57. The van der Waals surface area contributed by atoms with Gasteiger partial charge in [0.05, 0.1) is 6.61 Å². The van der Waals surface area contributed by atoms with Crippen LogP contribution >= 0.6 is 0 Å². The maximum absolute atomic E-state index is 14.1. The van der Waals surface area contributed by atoms with Crippen LogP contribution in [-0.2, 0) is 9.53 Å². The molecule has 118 valence electrons. The Morgan fingerprint density at radius 1 is 1.33 bits per heavy atom. The van der Waals surface area contributed by atoms with E-state index in [0.29, 0.717) is 17.9 Å². The molecule has 2 unspecified atom stereocenters. The second-order valence-corrected chi connectivity index (χ2v) is 4.87. The lowest BCUT2D eigenvalue weighted by molar-refractivity contribution is -0.150. The van der Waals surface area contributed by atoms with Gasteiger partial charge in [0.15, 0.2) is 6.10 Å².